The normalized spacial score (nSPS) is 10.2. The Kier molecular flexibility index (Phi) is 4.29. The van der Waals surface area contributed by atoms with Gasteiger partial charge in [-0.15, -0.1) is 0 Å². The molecule has 5 heteroatoms. The zero-order valence-electron chi connectivity index (χ0n) is 10.5. The summed E-state index contributed by atoms with van der Waals surface area (Å²) in [4.78, 5) is 14.1. The molecule has 2 rings (SSSR count). The summed E-state index contributed by atoms with van der Waals surface area (Å²) in [5, 5.41) is 3.94. The van der Waals surface area contributed by atoms with Crippen molar-refractivity contribution in [2.75, 3.05) is 11.9 Å². The number of nitrogens with zero attached hydrogens (tertiary/aromatic N) is 1. The number of nitrogens with two attached hydrogens (primary N) is 1. The summed E-state index contributed by atoms with van der Waals surface area (Å²) in [6.07, 6.45) is 0.381. The molecule has 1 aromatic carbocycles. The maximum atomic E-state index is 12.2. The van der Waals surface area contributed by atoms with E-state index in [0.29, 0.717) is 11.4 Å². The molecule has 0 aliphatic carbocycles. The lowest BCUT2D eigenvalue weighted by Crippen LogP contribution is -2.29. The minimum absolute atomic E-state index is 0.0158. The number of para-hydroxylation sites is 1. The van der Waals surface area contributed by atoms with Gasteiger partial charge >= 0.3 is 0 Å². The van der Waals surface area contributed by atoms with Crippen molar-refractivity contribution in [1.82, 2.24) is 0 Å². The first kappa shape index (κ1) is 13.7. The van der Waals surface area contributed by atoms with Gasteiger partial charge in [-0.05, 0) is 34.5 Å². The molecule has 3 nitrogen and oxygen atoms in total. The Hall–Kier alpha value is -1.72. The van der Waals surface area contributed by atoms with Gasteiger partial charge in [0.1, 0.15) is 4.99 Å². The summed E-state index contributed by atoms with van der Waals surface area (Å²) >= 11 is 6.60. The Morgan fingerprint density at radius 3 is 2.74 bits per heavy atom. The summed E-state index contributed by atoms with van der Waals surface area (Å²) in [5.41, 5.74) is 8.17. The Bertz CT molecular complexity index is 593. The van der Waals surface area contributed by atoms with Crippen LogP contribution in [-0.4, -0.2) is 17.9 Å². The molecule has 1 amide bonds. The van der Waals surface area contributed by atoms with E-state index in [-0.39, 0.29) is 5.91 Å². The van der Waals surface area contributed by atoms with Crippen molar-refractivity contribution in [2.24, 2.45) is 5.73 Å². The SMILES string of the molecule is CN(C(=O)Cc1ccsc1)c1ccccc1C(N)=S. The van der Waals surface area contributed by atoms with Crippen molar-refractivity contribution < 1.29 is 4.79 Å². The summed E-state index contributed by atoms with van der Waals surface area (Å²) in [7, 11) is 1.74. The van der Waals surface area contributed by atoms with Crippen molar-refractivity contribution in [1.29, 1.82) is 0 Å². The second-order valence-electron chi connectivity index (χ2n) is 4.14. The maximum Gasteiger partial charge on any atom is 0.231 e. The van der Waals surface area contributed by atoms with Gasteiger partial charge in [0, 0.05) is 12.6 Å². The smallest absolute Gasteiger partial charge is 0.231 e. The molecule has 98 valence electrons. The largest absolute Gasteiger partial charge is 0.389 e. The molecule has 0 spiro atoms. The lowest BCUT2D eigenvalue weighted by molar-refractivity contribution is -0.117. The molecule has 2 aromatic rings. The molecule has 0 fully saturated rings. The van der Waals surface area contributed by atoms with E-state index < -0.39 is 0 Å². The van der Waals surface area contributed by atoms with Gasteiger partial charge in [0.05, 0.1) is 12.1 Å². The molecule has 2 N–H and O–H groups in total. The molecule has 0 saturated heterocycles. The fourth-order valence-electron chi connectivity index (χ4n) is 1.80. The van der Waals surface area contributed by atoms with Crippen molar-refractivity contribution in [3.8, 4) is 0 Å². The van der Waals surface area contributed by atoms with E-state index in [0.717, 1.165) is 16.8 Å². The van der Waals surface area contributed by atoms with Crippen LogP contribution in [0.25, 0.3) is 0 Å². The topological polar surface area (TPSA) is 46.3 Å². The molecule has 0 saturated carbocycles. The number of carbonyl (C=O) groups excluding carboxylic acids is 1. The highest BCUT2D eigenvalue weighted by Gasteiger charge is 2.15. The standard InChI is InChI=1S/C14H14N2OS2/c1-16(13(17)8-10-6-7-19-9-10)12-5-3-2-4-11(12)14(15)18/h2-7,9H,8H2,1H3,(H2,15,18). The number of anilines is 1. The molecule has 19 heavy (non-hydrogen) atoms. The molecular weight excluding hydrogens is 276 g/mol. The van der Waals surface area contributed by atoms with Crippen LogP contribution in [-0.2, 0) is 11.2 Å². The zero-order chi connectivity index (χ0) is 13.8. The maximum absolute atomic E-state index is 12.2. The summed E-state index contributed by atoms with van der Waals surface area (Å²) in [5.74, 6) is 0.0158. The van der Waals surface area contributed by atoms with E-state index >= 15 is 0 Å². The predicted octanol–water partition coefficient (Wildman–Crippen LogP) is 2.59. The summed E-state index contributed by atoms with van der Waals surface area (Å²) in [6, 6.07) is 9.35. The van der Waals surface area contributed by atoms with Crippen LogP contribution >= 0.6 is 23.6 Å². The number of hydrogen-bond acceptors (Lipinski definition) is 3. The Morgan fingerprint density at radius 2 is 2.11 bits per heavy atom. The number of likely N-dealkylation sites (N-methyl/N-ethyl adjacent to an activating group) is 1. The molecular formula is C14H14N2OS2. The molecule has 0 radical (unpaired) electrons. The number of thiophene rings is 1. The summed E-state index contributed by atoms with van der Waals surface area (Å²) < 4.78 is 0. The Labute approximate surface area is 121 Å². The Balaban J connectivity index is 2.22. The molecule has 0 unspecified atom stereocenters. The molecule has 1 aromatic heterocycles. The highest BCUT2D eigenvalue weighted by Crippen LogP contribution is 2.20. The third-order valence-corrected chi connectivity index (χ3v) is 3.79. The van der Waals surface area contributed by atoms with Crippen LogP contribution in [0.1, 0.15) is 11.1 Å². The van der Waals surface area contributed by atoms with Gasteiger partial charge in [0.25, 0.3) is 0 Å². The van der Waals surface area contributed by atoms with E-state index in [1.165, 1.54) is 0 Å². The number of carbonyl (C=O) groups is 1. The predicted molar refractivity (Wildman–Crippen MR) is 83.8 cm³/mol. The van der Waals surface area contributed by atoms with Gasteiger partial charge < -0.3 is 10.6 Å². The molecule has 0 aliphatic rings. The highest BCUT2D eigenvalue weighted by molar-refractivity contribution is 7.80. The first-order chi connectivity index (χ1) is 9.09. The lowest BCUT2D eigenvalue weighted by Gasteiger charge is -2.20. The second kappa shape index (κ2) is 5.95. The van der Waals surface area contributed by atoms with E-state index in [2.05, 4.69) is 0 Å². The van der Waals surface area contributed by atoms with Crippen molar-refractivity contribution in [2.45, 2.75) is 6.42 Å². The van der Waals surface area contributed by atoms with Crippen LogP contribution in [0.5, 0.6) is 0 Å². The van der Waals surface area contributed by atoms with Crippen molar-refractivity contribution in [3.05, 3.63) is 52.2 Å². The van der Waals surface area contributed by atoms with E-state index in [1.54, 1.807) is 23.3 Å². The van der Waals surface area contributed by atoms with Crippen LogP contribution in [0.2, 0.25) is 0 Å². The van der Waals surface area contributed by atoms with Gasteiger partial charge in [-0.3, -0.25) is 4.79 Å². The lowest BCUT2D eigenvalue weighted by atomic mass is 10.1. The third-order valence-electron chi connectivity index (χ3n) is 2.84. The number of amides is 1. The average molecular weight is 290 g/mol. The minimum Gasteiger partial charge on any atom is -0.389 e. The molecule has 0 bridgehead atoms. The highest BCUT2D eigenvalue weighted by atomic mass is 32.1. The monoisotopic (exact) mass is 290 g/mol. The number of hydrogen-bond donors (Lipinski definition) is 1. The van der Waals surface area contributed by atoms with Gasteiger partial charge in [-0.2, -0.15) is 11.3 Å². The minimum atomic E-state index is 0.0158. The van der Waals surface area contributed by atoms with Crippen LogP contribution in [0.3, 0.4) is 0 Å². The van der Waals surface area contributed by atoms with Crippen LogP contribution < -0.4 is 10.6 Å². The van der Waals surface area contributed by atoms with E-state index in [9.17, 15) is 4.79 Å². The van der Waals surface area contributed by atoms with Crippen LogP contribution in [0, 0.1) is 0 Å². The van der Waals surface area contributed by atoms with Crippen molar-refractivity contribution >= 4 is 40.1 Å². The number of thiocarbonyl (C=S) groups is 1. The molecule has 0 aliphatic heterocycles. The number of rotatable bonds is 4. The second-order valence-corrected chi connectivity index (χ2v) is 5.36. The number of benzene rings is 1. The van der Waals surface area contributed by atoms with E-state index in [4.69, 9.17) is 18.0 Å². The van der Waals surface area contributed by atoms with Gasteiger partial charge in [-0.25, -0.2) is 0 Å². The van der Waals surface area contributed by atoms with Gasteiger partial charge in [-0.1, -0.05) is 24.4 Å². The quantitative estimate of drug-likeness (QED) is 0.880. The first-order valence-corrected chi connectivity index (χ1v) is 7.11. The van der Waals surface area contributed by atoms with E-state index in [1.807, 2.05) is 41.1 Å². The summed E-state index contributed by atoms with van der Waals surface area (Å²) in [6.45, 7) is 0. The average Bonchev–Trinajstić information content (AvgIpc) is 2.90. The Morgan fingerprint density at radius 1 is 1.37 bits per heavy atom. The van der Waals surface area contributed by atoms with Crippen molar-refractivity contribution in [3.63, 3.8) is 0 Å². The van der Waals surface area contributed by atoms with Gasteiger partial charge in [0.2, 0.25) is 5.91 Å². The first-order valence-electron chi connectivity index (χ1n) is 5.76. The fourth-order valence-corrected chi connectivity index (χ4v) is 2.64. The third kappa shape index (κ3) is 3.19. The van der Waals surface area contributed by atoms with Crippen LogP contribution in [0.4, 0.5) is 5.69 Å². The van der Waals surface area contributed by atoms with Crippen LogP contribution in [0.15, 0.2) is 41.1 Å². The fraction of sp³-hybridized carbons (Fsp3) is 0.143. The van der Waals surface area contributed by atoms with Gasteiger partial charge in [0.15, 0.2) is 0 Å². The molecule has 0 atom stereocenters. The zero-order valence-corrected chi connectivity index (χ0v) is 12.1. The molecule has 1 heterocycles.